The Kier molecular flexibility index (Phi) is 6.60. The van der Waals surface area contributed by atoms with Crippen molar-refractivity contribution in [2.24, 2.45) is 0 Å². The number of nitrogens with zero attached hydrogens (tertiary/aromatic N) is 4. The Morgan fingerprint density at radius 2 is 2.17 bits per heavy atom. The number of hydrogen-bond donors (Lipinski definition) is 1. The lowest BCUT2D eigenvalue weighted by Gasteiger charge is -2.40. The van der Waals surface area contributed by atoms with Crippen LogP contribution in [-0.2, 0) is 0 Å². The Morgan fingerprint density at radius 1 is 1.38 bits per heavy atom. The summed E-state index contributed by atoms with van der Waals surface area (Å²) < 4.78 is 12.6. The molecule has 1 N–H and O–H groups in total. The first-order valence-electron chi connectivity index (χ1n) is 9.19. The standard InChI is InChI=1S/C14H12N4O3.C6H13NS/c1-2-20-11-4-3-7-15-14(11)21-10-5-6-13-16-12(9-19)17-18(13)8-10;1-6(7-2)4-8(3)5-6/h3-9H,2H2,1H3;7H,3-5H2,1-2H3. The van der Waals surface area contributed by atoms with Crippen molar-refractivity contribution in [3.05, 3.63) is 42.5 Å². The van der Waals surface area contributed by atoms with Crippen LogP contribution in [0.25, 0.3) is 5.65 Å². The predicted octanol–water partition coefficient (Wildman–Crippen LogP) is 2.81. The Morgan fingerprint density at radius 3 is 2.79 bits per heavy atom. The van der Waals surface area contributed by atoms with Crippen molar-refractivity contribution >= 4 is 28.3 Å². The molecule has 3 aromatic heterocycles. The molecule has 1 saturated heterocycles. The van der Waals surface area contributed by atoms with Gasteiger partial charge in [-0.15, -0.1) is 5.10 Å². The van der Waals surface area contributed by atoms with Crippen LogP contribution in [0.1, 0.15) is 24.5 Å². The van der Waals surface area contributed by atoms with Gasteiger partial charge in [0.15, 0.2) is 17.7 Å². The normalized spacial score (nSPS) is 20.3. The largest absolute Gasteiger partial charge is 0.488 e. The van der Waals surface area contributed by atoms with E-state index in [1.807, 2.05) is 14.0 Å². The molecular weight excluding hydrogens is 390 g/mol. The minimum atomic E-state index is 0.125. The molecule has 0 bridgehead atoms. The van der Waals surface area contributed by atoms with Crippen LogP contribution in [0.2, 0.25) is 0 Å². The lowest BCUT2D eigenvalue weighted by molar-refractivity contribution is 0.111. The zero-order valence-electron chi connectivity index (χ0n) is 16.8. The van der Waals surface area contributed by atoms with Crippen LogP contribution < -0.4 is 14.8 Å². The number of hydrogen-bond acceptors (Lipinski definition) is 7. The van der Waals surface area contributed by atoms with Crippen LogP contribution in [-0.4, -0.2) is 62.4 Å². The molecule has 0 amide bonds. The highest BCUT2D eigenvalue weighted by atomic mass is 32.2. The van der Waals surface area contributed by atoms with Crippen molar-refractivity contribution in [3.63, 3.8) is 0 Å². The number of carbonyl (C=O) groups excluding carboxylic acids is 1. The second-order valence-corrected chi connectivity index (χ2v) is 8.61. The van der Waals surface area contributed by atoms with Gasteiger partial charge in [-0.1, -0.05) is 5.87 Å². The summed E-state index contributed by atoms with van der Waals surface area (Å²) in [5, 5.41) is 7.27. The van der Waals surface area contributed by atoms with Gasteiger partial charge >= 0.3 is 0 Å². The molecule has 0 aliphatic carbocycles. The number of aldehydes is 1. The van der Waals surface area contributed by atoms with E-state index in [2.05, 4.69) is 33.2 Å². The van der Waals surface area contributed by atoms with E-state index in [1.165, 1.54) is 16.0 Å². The number of carbonyl (C=O) groups is 1. The summed E-state index contributed by atoms with van der Waals surface area (Å²) in [4.78, 5) is 18.8. The fraction of sp³-hybridized carbons (Fsp3) is 0.350. The van der Waals surface area contributed by atoms with E-state index in [4.69, 9.17) is 9.47 Å². The van der Waals surface area contributed by atoms with Gasteiger partial charge in [0.25, 0.3) is 5.88 Å². The first kappa shape index (κ1) is 20.9. The molecule has 1 aliphatic heterocycles. The van der Waals surface area contributed by atoms with E-state index in [0.29, 0.717) is 51.9 Å². The average Bonchev–Trinajstić information content (AvgIpc) is 3.12. The van der Waals surface area contributed by atoms with Crippen LogP contribution in [0.15, 0.2) is 36.7 Å². The lowest BCUT2D eigenvalue weighted by Crippen LogP contribution is -2.52. The molecule has 9 heteroatoms. The summed E-state index contributed by atoms with van der Waals surface area (Å²) in [7, 11) is 2.50. The lowest BCUT2D eigenvalue weighted by atomic mass is 10.1. The maximum atomic E-state index is 10.7. The number of fused-ring (bicyclic) bond motifs is 1. The third kappa shape index (κ3) is 5.18. The fourth-order valence-corrected chi connectivity index (χ4v) is 4.83. The SMILES string of the molecule is C=S1CC(C)(NC)C1.CCOc1cccnc1Oc1ccc2nc(C=O)nn2c1. The third-order valence-electron chi connectivity index (χ3n) is 4.33. The van der Waals surface area contributed by atoms with Crippen molar-refractivity contribution in [3.8, 4) is 17.4 Å². The van der Waals surface area contributed by atoms with E-state index in [0.717, 1.165) is 0 Å². The molecule has 29 heavy (non-hydrogen) atoms. The van der Waals surface area contributed by atoms with Crippen molar-refractivity contribution in [1.82, 2.24) is 24.9 Å². The zero-order valence-corrected chi connectivity index (χ0v) is 17.6. The monoisotopic (exact) mass is 415 g/mol. The number of nitrogens with one attached hydrogen (secondary N) is 1. The molecule has 0 radical (unpaired) electrons. The van der Waals surface area contributed by atoms with E-state index in [1.54, 1.807) is 36.7 Å². The van der Waals surface area contributed by atoms with Crippen molar-refractivity contribution < 1.29 is 14.3 Å². The smallest absolute Gasteiger partial charge is 0.262 e. The highest BCUT2D eigenvalue weighted by Crippen LogP contribution is 2.33. The molecule has 0 unspecified atom stereocenters. The maximum absolute atomic E-state index is 10.7. The first-order chi connectivity index (χ1) is 14.0. The predicted molar refractivity (Wildman–Crippen MR) is 116 cm³/mol. The number of ether oxygens (including phenoxy) is 2. The summed E-state index contributed by atoms with van der Waals surface area (Å²) in [5.41, 5.74) is 1.00. The van der Waals surface area contributed by atoms with E-state index in [-0.39, 0.29) is 5.82 Å². The minimum Gasteiger partial charge on any atom is -0.488 e. The van der Waals surface area contributed by atoms with Gasteiger partial charge in [0.2, 0.25) is 5.82 Å². The highest BCUT2D eigenvalue weighted by Gasteiger charge is 2.31. The molecule has 4 heterocycles. The molecule has 0 atom stereocenters. The van der Waals surface area contributed by atoms with Gasteiger partial charge in [-0.05, 0) is 45.2 Å². The molecule has 4 rings (SSSR count). The topological polar surface area (TPSA) is 90.6 Å². The van der Waals surface area contributed by atoms with Crippen molar-refractivity contribution in [2.75, 3.05) is 25.2 Å². The van der Waals surface area contributed by atoms with Crippen LogP contribution in [0.4, 0.5) is 0 Å². The molecule has 154 valence electrons. The summed E-state index contributed by atoms with van der Waals surface area (Å²) >= 11 is 0. The average molecular weight is 416 g/mol. The summed E-state index contributed by atoms with van der Waals surface area (Å²) in [6.07, 6.45) is 3.84. The van der Waals surface area contributed by atoms with E-state index < -0.39 is 0 Å². The molecule has 0 aromatic carbocycles. The van der Waals surface area contributed by atoms with Gasteiger partial charge in [-0.2, -0.15) is 10.5 Å². The summed E-state index contributed by atoms with van der Waals surface area (Å²) in [5.74, 6) is 8.08. The molecule has 3 aromatic rings. The molecule has 1 fully saturated rings. The van der Waals surface area contributed by atoms with Gasteiger partial charge < -0.3 is 14.8 Å². The number of rotatable bonds is 6. The molecule has 0 saturated carbocycles. The molecule has 1 aliphatic rings. The second-order valence-electron chi connectivity index (χ2n) is 6.81. The van der Waals surface area contributed by atoms with Gasteiger partial charge in [0.05, 0.1) is 12.8 Å². The summed E-state index contributed by atoms with van der Waals surface area (Å²) in [6.45, 7) is 4.66. The number of pyridine rings is 2. The quantitative estimate of drug-likeness (QED) is 0.489. The van der Waals surface area contributed by atoms with Gasteiger partial charge in [0, 0.05) is 23.2 Å². The Balaban J connectivity index is 0.000000252. The number of aromatic nitrogens is 4. The minimum absolute atomic E-state index is 0.125. The van der Waals surface area contributed by atoms with E-state index >= 15 is 0 Å². The van der Waals surface area contributed by atoms with Gasteiger partial charge in [-0.3, -0.25) is 4.79 Å². The van der Waals surface area contributed by atoms with Crippen LogP contribution in [0.5, 0.6) is 17.4 Å². The molecule has 8 nitrogen and oxygen atoms in total. The Hall–Kier alpha value is -2.78. The highest BCUT2D eigenvalue weighted by molar-refractivity contribution is 8.15. The van der Waals surface area contributed by atoms with Crippen molar-refractivity contribution in [1.29, 1.82) is 0 Å². The molecule has 0 spiro atoms. The second kappa shape index (κ2) is 9.15. The molecular formula is C20H25N5O3S. The Labute approximate surface area is 172 Å². The van der Waals surface area contributed by atoms with Gasteiger partial charge in [0.1, 0.15) is 5.75 Å². The van der Waals surface area contributed by atoms with Crippen LogP contribution in [0.3, 0.4) is 0 Å². The zero-order chi connectivity index (χ0) is 20.9. The van der Waals surface area contributed by atoms with Crippen molar-refractivity contribution in [2.45, 2.75) is 19.4 Å². The fourth-order valence-electron chi connectivity index (χ4n) is 2.82. The van der Waals surface area contributed by atoms with Crippen LogP contribution in [0, 0.1) is 0 Å². The maximum Gasteiger partial charge on any atom is 0.262 e. The third-order valence-corrected chi connectivity index (χ3v) is 6.42. The summed E-state index contributed by atoms with van der Waals surface area (Å²) in [6, 6.07) is 6.99. The van der Waals surface area contributed by atoms with Crippen LogP contribution >= 0.6 is 10.5 Å². The Bertz CT molecular complexity index is 1010. The van der Waals surface area contributed by atoms with Gasteiger partial charge in [-0.25, -0.2) is 14.5 Å². The van der Waals surface area contributed by atoms with E-state index in [9.17, 15) is 4.79 Å². The first-order valence-corrected chi connectivity index (χ1v) is 10.9.